The van der Waals surface area contributed by atoms with Gasteiger partial charge in [0.05, 0.1) is 11.1 Å². The summed E-state index contributed by atoms with van der Waals surface area (Å²) in [5.74, 6) is -0.394. The minimum atomic E-state index is -1.63. The summed E-state index contributed by atoms with van der Waals surface area (Å²) in [6, 6.07) is 4.63. The molecule has 0 spiro atoms. The third-order valence-corrected chi connectivity index (χ3v) is 5.74. The van der Waals surface area contributed by atoms with E-state index in [-0.39, 0.29) is 11.7 Å². The Bertz CT molecular complexity index is 1080. The Hall–Kier alpha value is -2.87. The van der Waals surface area contributed by atoms with E-state index in [1.165, 1.54) is 6.07 Å². The molecule has 2 aromatic rings. The lowest BCUT2D eigenvalue weighted by Crippen LogP contribution is -2.44. The van der Waals surface area contributed by atoms with Gasteiger partial charge in [0.1, 0.15) is 11.3 Å². The molecular weight excluding hydrogens is 374 g/mol. The first-order chi connectivity index (χ1) is 13.9. The van der Waals surface area contributed by atoms with Gasteiger partial charge in [-0.3, -0.25) is 9.69 Å². The third-order valence-electron chi connectivity index (χ3n) is 5.74. The number of ether oxygens (including phenoxy) is 1. The van der Waals surface area contributed by atoms with Gasteiger partial charge in [0.15, 0.2) is 0 Å². The van der Waals surface area contributed by atoms with E-state index >= 15 is 0 Å². The number of piperazine rings is 1. The molecule has 29 heavy (non-hydrogen) atoms. The molecule has 152 valence electrons. The lowest BCUT2D eigenvalue weighted by molar-refractivity contribution is 0.0377. The first kappa shape index (κ1) is 19.4. The number of Topliss-reactive ketones (excluding diaryl/α,β-unsaturated/α-hetero) is 1. The lowest BCUT2D eigenvalue weighted by Gasteiger charge is -2.32. The van der Waals surface area contributed by atoms with Gasteiger partial charge in [-0.1, -0.05) is 13.8 Å². The number of ketones is 1. The van der Waals surface area contributed by atoms with Gasteiger partial charge >= 0.3 is 5.63 Å². The molecule has 0 radical (unpaired) electrons. The van der Waals surface area contributed by atoms with Gasteiger partial charge in [0.2, 0.25) is 5.78 Å². The summed E-state index contributed by atoms with van der Waals surface area (Å²) in [5.41, 5.74) is 8.38. The van der Waals surface area contributed by atoms with Crippen molar-refractivity contribution >= 4 is 16.8 Å². The summed E-state index contributed by atoms with van der Waals surface area (Å²) in [5, 5.41) is 4.40. The van der Waals surface area contributed by atoms with Gasteiger partial charge in [-0.05, 0) is 29.8 Å². The predicted octanol–water partition coefficient (Wildman–Crippen LogP) is 2.78. The second-order valence-electron chi connectivity index (χ2n) is 7.96. The molecule has 2 aliphatic heterocycles. The summed E-state index contributed by atoms with van der Waals surface area (Å²) in [4.78, 5) is 32.5. The largest absolute Gasteiger partial charge is 0.471 e. The van der Waals surface area contributed by atoms with Crippen molar-refractivity contribution in [1.82, 2.24) is 9.80 Å². The zero-order chi connectivity index (χ0) is 20.8. The molecule has 3 heterocycles. The first-order valence-corrected chi connectivity index (χ1v) is 9.66. The van der Waals surface area contributed by atoms with Crippen molar-refractivity contribution in [2.75, 3.05) is 33.2 Å². The number of likely N-dealkylation sites (N-methyl/N-ethyl adjacent to an activating group) is 1. The highest BCUT2D eigenvalue weighted by Crippen LogP contribution is 2.45. The Balaban J connectivity index is 1.89. The van der Waals surface area contributed by atoms with Crippen molar-refractivity contribution in [3.8, 4) is 5.75 Å². The van der Waals surface area contributed by atoms with Crippen molar-refractivity contribution in [3.05, 3.63) is 50.2 Å². The lowest BCUT2D eigenvalue weighted by atomic mass is 9.92. The van der Waals surface area contributed by atoms with Crippen molar-refractivity contribution in [2.24, 2.45) is 11.0 Å². The molecule has 1 fully saturated rings. The van der Waals surface area contributed by atoms with E-state index < -0.39 is 11.4 Å². The van der Waals surface area contributed by atoms with E-state index in [1.54, 1.807) is 26.0 Å². The van der Waals surface area contributed by atoms with E-state index in [9.17, 15) is 9.59 Å². The minimum Gasteiger partial charge on any atom is -0.471 e. The molecule has 0 bridgehead atoms. The third kappa shape index (κ3) is 3.17. The second-order valence-corrected chi connectivity index (χ2v) is 7.96. The number of fused-ring (bicyclic) bond motifs is 2. The molecular formula is C20H23N5O4. The Kier molecular flexibility index (Phi) is 4.82. The van der Waals surface area contributed by atoms with E-state index in [0.29, 0.717) is 34.4 Å². The maximum atomic E-state index is 13.2. The van der Waals surface area contributed by atoms with Crippen LogP contribution in [0.15, 0.2) is 32.5 Å². The smallest absolute Gasteiger partial charge is 0.336 e. The highest BCUT2D eigenvalue weighted by molar-refractivity contribution is 6.10. The Morgan fingerprint density at radius 3 is 2.62 bits per heavy atom. The van der Waals surface area contributed by atoms with Crippen LogP contribution in [0.5, 0.6) is 5.75 Å². The van der Waals surface area contributed by atoms with Crippen LogP contribution in [-0.2, 0) is 6.54 Å². The van der Waals surface area contributed by atoms with Gasteiger partial charge in [-0.25, -0.2) is 4.79 Å². The number of hydrogen-bond acceptors (Lipinski definition) is 7. The molecule has 4 rings (SSSR count). The van der Waals surface area contributed by atoms with Crippen LogP contribution in [0.2, 0.25) is 0 Å². The molecule has 9 heteroatoms. The zero-order valence-corrected chi connectivity index (χ0v) is 16.7. The number of carbonyl (C=O) groups excluding carboxylic acids is 1. The standard InChI is InChI=1S/C20H23N5O4/c1-12(2)20(22-23-21)19(27)14-10-13-4-5-16(26)28-17(13)15(18(14)29-20)11-25-8-6-24(3)7-9-25/h4-5,10,12H,6-9,11H2,1-3H3. The van der Waals surface area contributed by atoms with Crippen molar-refractivity contribution < 1.29 is 13.9 Å². The van der Waals surface area contributed by atoms with Gasteiger partial charge < -0.3 is 14.1 Å². The highest BCUT2D eigenvalue weighted by atomic mass is 16.5. The number of benzene rings is 1. The van der Waals surface area contributed by atoms with Crippen LogP contribution in [0.1, 0.15) is 29.8 Å². The molecule has 0 N–H and O–H groups in total. The summed E-state index contributed by atoms with van der Waals surface area (Å²) in [7, 11) is 2.07. The summed E-state index contributed by atoms with van der Waals surface area (Å²) in [6.07, 6.45) is 0. The van der Waals surface area contributed by atoms with E-state index in [4.69, 9.17) is 14.7 Å². The van der Waals surface area contributed by atoms with Crippen LogP contribution in [0.3, 0.4) is 0 Å². The van der Waals surface area contributed by atoms with Crippen LogP contribution >= 0.6 is 0 Å². The molecule has 0 saturated carbocycles. The molecule has 1 unspecified atom stereocenters. The van der Waals surface area contributed by atoms with Gasteiger partial charge in [-0.15, -0.1) is 0 Å². The molecule has 9 nitrogen and oxygen atoms in total. The number of azide groups is 1. The summed E-state index contributed by atoms with van der Waals surface area (Å²) in [6.45, 7) is 7.56. The maximum absolute atomic E-state index is 13.2. The molecule has 0 amide bonds. The molecule has 1 aromatic heterocycles. The first-order valence-electron chi connectivity index (χ1n) is 9.66. The van der Waals surface area contributed by atoms with E-state index in [2.05, 4.69) is 26.9 Å². The van der Waals surface area contributed by atoms with Gasteiger partial charge in [0.25, 0.3) is 5.72 Å². The number of rotatable bonds is 4. The van der Waals surface area contributed by atoms with Crippen LogP contribution in [-0.4, -0.2) is 54.5 Å². The normalized spacial score (nSPS) is 22.6. The van der Waals surface area contributed by atoms with E-state index in [1.807, 2.05) is 0 Å². The Labute approximate surface area is 167 Å². The van der Waals surface area contributed by atoms with Gasteiger partial charge in [0, 0.05) is 55.0 Å². The molecule has 2 aliphatic rings. The Morgan fingerprint density at radius 1 is 1.24 bits per heavy atom. The average Bonchev–Trinajstić information content (AvgIpc) is 2.97. The highest BCUT2D eigenvalue weighted by Gasteiger charge is 2.51. The maximum Gasteiger partial charge on any atom is 0.336 e. The minimum absolute atomic E-state index is 0.344. The number of hydrogen-bond donors (Lipinski definition) is 0. The zero-order valence-electron chi connectivity index (χ0n) is 16.7. The number of carbonyl (C=O) groups is 1. The molecule has 1 aromatic carbocycles. The average molecular weight is 397 g/mol. The van der Waals surface area contributed by atoms with Crippen molar-refractivity contribution in [1.29, 1.82) is 0 Å². The van der Waals surface area contributed by atoms with Crippen LogP contribution in [0.25, 0.3) is 21.4 Å². The fraction of sp³-hybridized carbons (Fsp3) is 0.500. The van der Waals surface area contributed by atoms with E-state index in [0.717, 1.165) is 26.2 Å². The van der Waals surface area contributed by atoms with Crippen molar-refractivity contribution in [2.45, 2.75) is 26.1 Å². The predicted molar refractivity (Wildman–Crippen MR) is 107 cm³/mol. The summed E-state index contributed by atoms with van der Waals surface area (Å²) < 4.78 is 11.6. The van der Waals surface area contributed by atoms with Crippen LogP contribution < -0.4 is 10.4 Å². The SMILES string of the molecule is CC(C)C1(N=[N+]=[N-])Oc2c(cc3ccc(=O)oc3c2CN2CCN(C)CC2)C1=O. The molecule has 1 atom stereocenters. The fourth-order valence-electron chi connectivity index (χ4n) is 3.94. The van der Waals surface area contributed by atoms with Gasteiger partial charge in [-0.2, -0.15) is 0 Å². The fourth-order valence-corrected chi connectivity index (χ4v) is 3.94. The van der Waals surface area contributed by atoms with Crippen LogP contribution in [0.4, 0.5) is 0 Å². The summed E-state index contributed by atoms with van der Waals surface area (Å²) >= 11 is 0. The Morgan fingerprint density at radius 2 is 1.97 bits per heavy atom. The van der Waals surface area contributed by atoms with Crippen molar-refractivity contribution in [3.63, 3.8) is 0 Å². The monoisotopic (exact) mass is 397 g/mol. The quantitative estimate of drug-likeness (QED) is 0.339. The second kappa shape index (κ2) is 7.18. The molecule has 0 aliphatic carbocycles. The molecule has 1 saturated heterocycles. The van der Waals surface area contributed by atoms with Crippen LogP contribution in [0, 0.1) is 5.92 Å². The topological polar surface area (TPSA) is 112 Å². The number of nitrogens with zero attached hydrogens (tertiary/aromatic N) is 5.